The Hall–Kier alpha value is -0.900. The molecule has 0 unspecified atom stereocenters. The summed E-state index contributed by atoms with van der Waals surface area (Å²) in [4.78, 5) is 17.7. The van der Waals surface area contributed by atoms with Crippen LogP contribution in [0.2, 0.25) is 0 Å². The fourth-order valence-corrected chi connectivity index (χ4v) is 5.99. The van der Waals surface area contributed by atoms with Crippen LogP contribution in [0, 0.1) is 11.7 Å². The second-order valence-electron chi connectivity index (χ2n) is 10.3. The highest BCUT2D eigenvalue weighted by Crippen LogP contribution is 2.40. The number of hydrogen-bond donors (Lipinski definition) is 2. The van der Waals surface area contributed by atoms with Crippen LogP contribution < -0.4 is 4.74 Å². The molecule has 196 valence electrons. The molecular formula is C28H48FO4P. The molecule has 4 nitrogen and oxygen atoms in total. The summed E-state index contributed by atoms with van der Waals surface area (Å²) in [6.45, 7) is 5.01. The van der Waals surface area contributed by atoms with Crippen molar-refractivity contribution >= 4 is 7.60 Å². The van der Waals surface area contributed by atoms with Gasteiger partial charge in [0.05, 0.1) is 6.61 Å². The fourth-order valence-electron chi connectivity index (χ4n) is 5.35. The number of rotatable bonds is 17. The minimum Gasteiger partial charge on any atom is -0.493 e. The first-order valence-corrected chi connectivity index (χ1v) is 15.6. The maximum atomic E-state index is 15.0. The SMILES string of the molecule is CCCC1CCC(c2cc(CC)c(OCCCCCCCCCCCP(=O)(O)O)cc2F)CC1. The first kappa shape index (κ1) is 29.3. The van der Waals surface area contributed by atoms with Gasteiger partial charge in [-0.3, -0.25) is 4.57 Å². The predicted molar refractivity (Wildman–Crippen MR) is 139 cm³/mol. The third kappa shape index (κ3) is 11.2. The van der Waals surface area contributed by atoms with Crippen molar-refractivity contribution in [2.24, 2.45) is 5.92 Å². The number of aryl methyl sites for hydroxylation is 1. The van der Waals surface area contributed by atoms with Gasteiger partial charge in [0.2, 0.25) is 0 Å². The van der Waals surface area contributed by atoms with E-state index in [0.29, 0.717) is 18.9 Å². The second kappa shape index (κ2) is 16.0. The Kier molecular flexibility index (Phi) is 13.8. The van der Waals surface area contributed by atoms with E-state index in [-0.39, 0.29) is 12.0 Å². The number of ether oxygens (including phenoxy) is 1. The molecule has 0 spiro atoms. The highest BCUT2D eigenvalue weighted by Gasteiger charge is 2.25. The van der Waals surface area contributed by atoms with E-state index in [0.717, 1.165) is 74.2 Å². The topological polar surface area (TPSA) is 66.8 Å². The van der Waals surface area contributed by atoms with Crippen LogP contribution in [0.4, 0.5) is 4.39 Å². The Morgan fingerprint density at radius 3 is 2.06 bits per heavy atom. The lowest BCUT2D eigenvalue weighted by Crippen LogP contribution is -2.15. The molecule has 0 aromatic heterocycles. The van der Waals surface area contributed by atoms with Gasteiger partial charge in [0.1, 0.15) is 11.6 Å². The minimum atomic E-state index is -3.82. The maximum Gasteiger partial charge on any atom is 0.325 e. The van der Waals surface area contributed by atoms with E-state index >= 15 is 0 Å². The van der Waals surface area contributed by atoms with Crippen LogP contribution in [-0.4, -0.2) is 22.6 Å². The van der Waals surface area contributed by atoms with E-state index in [1.165, 1.54) is 44.9 Å². The number of halogens is 1. The second-order valence-corrected chi connectivity index (χ2v) is 12.0. The molecule has 0 heterocycles. The van der Waals surface area contributed by atoms with Gasteiger partial charge in [-0.05, 0) is 74.0 Å². The van der Waals surface area contributed by atoms with Gasteiger partial charge in [0.25, 0.3) is 0 Å². The van der Waals surface area contributed by atoms with Gasteiger partial charge in [-0.25, -0.2) is 4.39 Å². The molecule has 2 rings (SSSR count). The zero-order valence-corrected chi connectivity index (χ0v) is 22.5. The highest BCUT2D eigenvalue weighted by molar-refractivity contribution is 7.51. The Labute approximate surface area is 207 Å². The van der Waals surface area contributed by atoms with Gasteiger partial charge in [0.15, 0.2) is 0 Å². The lowest BCUT2D eigenvalue weighted by Gasteiger charge is -2.29. The van der Waals surface area contributed by atoms with Crippen LogP contribution in [0.5, 0.6) is 5.75 Å². The average Bonchev–Trinajstić information content (AvgIpc) is 2.80. The molecule has 2 N–H and O–H groups in total. The Morgan fingerprint density at radius 2 is 1.50 bits per heavy atom. The monoisotopic (exact) mass is 498 g/mol. The van der Waals surface area contributed by atoms with Gasteiger partial charge in [-0.15, -0.1) is 0 Å². The summed E-state index contributed by atoms with van der Waals surface area (Å²) >= 11 is 0. The van der Waals surface area contributed by atoms with Crippen molar-refractivity contribution in [2.45, 2.75) is 122 Å². The van der Waals surface area contributed by atoms with Crippen LogP contribution in [0.25, 0.3) is 0 Å². The summed E-state index contributed by atoms with van der Waals surface area (Å²) in [5.74, 6) is 1.82. The summed E-state index contributed by atoms with van der Waals surface area (Å²) in [6.07, 6.45) is 17.4. The number of hydrogen-bond acceptors (Lipinski definition) is 2. The van der Waals surface area contributed by atoms with E-state index in [2.05, 4.69) is 19.9 Å². The smallest absolute Gasteiger partial charge is 0.325 e. The van der Waals surface area contributed by atoms with E-state index in [1.54, 1.807) is 6.07 Å². The van der Waals surface area contributed by atoms with E-state index < -0.39 is 7.60 Å². The molecule has 1 aromatic rings. The van der Waals surface area contributed by atoms with Crippen molar-refractivity contribution in [2.75, 3.05) is 12.8 Å². The van der Waals surface area contributed by atoms with Crippen molar-refractivity contribution in [1.29, 1.82) is 0 Å². The standard InChI is InChI=1S/C28H48FO4P/c1-3-14-23-15-17-25(18-16-23)26-21-24(4-2)28(22-27(26)29)33-19-12-10-8-6-5-7-9-11-13-20-34(30,31)32/h21-23,25H,3-20H2,1-2H3,(H2,30,31,32). The Morgan fingerprint density at radius 1 is 0.912 bits per heavy atom. The van der Waals surface area contributed by atoms with Crippen molar-refractivity contribution in [1.82, 2.24) is 0 Å². The van der Waals surface area contributed by atoms with Crippen LogP contribution in [0.15, 0.2) is 12.1 Å². The molecule has 6 heteroatoms. The predicted octanol–water partition coefficient (Wildman–Crippen LogP) is 8.53. The molecule has 1 aromatic carbocycles. The molecule has 0 amide bonds. The van der Waals surface area contributed by atoms with Crippen molar-refractivity contribution < 1.29 is 23.5 Å². The van der Waals surface area contributed by atoms with Crippen molar-refractivity contribution in [3.05, 3.63) is 29.1 Å². The molecule has 0 bridgehead atoms. The van der Waals surface area contributed by atoms with Crippen LogP contribution in [-0.2, 0) is 11.0 Å². The van der Waals surface area contributed by atoms with Gasteiger partial charge in [-0.1, -0.05) is 71.6 Å². The van der Waals surface area contributed by atoms with Crippen LogP contribution in [0.1, 0.15) is 127 Å². The Balaban J connectivity index is 1.63. The minimum absolute atomic E-state index is 0.0133. The first-order valence-electron chi connectivity index (χ1n) is 13.8. The molecule has 0 atom stereocenters. The molecule has 1 aliphatic rings. The summed E-state index contributed by atoms with van der Waals surface area (Å²) in [6, 6.07) is 3.72. The molecular weight excluding hydrogens is 450 g/mol. The van der Waals surface area contributed by atoms with Gasteiger partial charge >= 0.3 is 7.60 Å². The third-order valence-corrected chi connectivity index (χ3v) is 8.29. The van der Waals surface area contributed by atoms with Crippen molar-refractivity contribution in [3.63, 3.8) is 0 Å². The summed E-state index contributed by atoms with van der Waals surface area (Å²) in [7, 11) is -3.82. The molecule has 1 aliphatic carbocycles. The lowest BCUT2D eigenvalue weighted by molar-refractivity contribution is 0.295. The van der Waals surface area contributed by atoms with Crippen LogP contribution in [0.3, 0.4) is 0 Å². The molecule has 0 aliphatic heterocycles. The highest BCUT2D eigenvalue weighted by atomic mass is 31.2. The van der Waals surface area contributed by atoms with E-state index in [9.17, 15) is 8.96 Å². The van der Waals surface area contributed by atoms with Crippen molar-refractivity contribution in [3.8, 4) is 5.75 Å². The first-order chi connectivity index (χ1) is 16.3. The zero-order chi connectivity index (χ0) is 24.8. The number of benzene rings is 1. The molecule has 1 saturated carbocycles. The largest absolute Gasteiger partial charge is 0.493 e. The van der Waals surface area contributed by atoms with Gasteiger partial charge in [-0.2, -0.15) is 0 Å². The maximum absolute atomic E-state index is 15.0. The Bertz CT molecular complexity index is 740. The molecule has 34 heavy (non-hydrogen) atoms. The average molecular weight is 499 g/mol. The lowest BCUT2D eigenvalue weighted by atomic mass is 9.77. The quantitative estimate of drug-likeness (QED) is 0.167. The molecule has 0 saturated heterocycles. The number of unbranched alkanes of at least 4 members (excludes halogenated alkanes) is 8. The third-order valence-electron chi connectivity index (χ3n) is 7.40. The summed E-state index contributed by atoms with van der Waals surface area (Å²) < 4.78 is 31.8. The normalized spacial score (nSPS) is 18.9. The van der Waals surface area contributed by atoms with Crippen LogP contribution >= 0.6 is 7.60 Å². The van der Waals surface area contributed by atoms with E-state index in [4.69, 9.17) is 14.5 Å². The summed E-state index contributed by atoms with van der Waals surface area (Å²) in [5, 5.41) is 0. The van der Waals surface area contributed by atoms with E-state index in [1.807, 2.05) is 0 Å². The van der Waals surface area contributed by atoms with Gasteiger partial charge in [0, 0.05) is 12.2 Å². The molecule has 0 radical (unpaired) electrons. The molecule has 1 fully saturated rings. The van der Waals surface area contributed by atoms with Gasteiger partial charge < -0.3 is 14.5 Å². The summed E-state index contributed by atoms with van der Waals surface area (Å²) in [5.41, 5.74) is 2.03. The zero-order valence-electron chi connectivity index (χ0n) is 21.6. The fraction of sp³-hybridized carbons (Fsp3) is 0.786.